The van der Waals surface area contributed by atoms with Crippen LogP contribution in [-0.4, -0.2) is 41.1 Å². The van der Waals surface area contributed by atoms with Gasteiger partial charge in [-0.1, -0.05) is 0 Å². The zero-order valence-corrected chi connectivity index (χ0v) is 11.3. The summed E-state index contributed by atoms with van der Waals surface area (Å²) in [7, 11) is -0.0470. The molecule has 0 saturated heterocycles. The van der Waals surface area contributed by atoms with Gasteiger partial charge in [0.15, 0.2) is 8.32 Å². The lowest BCUT2D eigenvalue weighted by Gasteiger charge is -2.21. The van der Waals surface area contributed by atoms with Crippen molar-refractivity contribution >= 4 is 14.3 Å². The van der Waals surface area contributed by atoms with Gasteiger partial charge in [-0.25, -0.2) is 0 Å². The van der Waals surface area contributed by atoms with Crippen LogP contribution in [0.2, 0.25) is 19.1 Å². The Kier molecular flexibility index (Phi) is 7.64. The van der Waals surface area contributed by atoms with Crippen LogP contribution in [-0.2, 0) is 14.0 Å². The summed E-state index contributed by atoms with van der Waals surface area (Å²) in [6.07, 6.45) is 1.05. The third kappa shape index (κ3) is 8.59. The third-order valence-corrected chi connectivity index (χ3v) is 4.79. The summed E-state index contributed by atoms with van der Waals surface area (Å²) in [5, 5.41) is 3.04. The molecule has 1 N–H and O–H groups in total. The predicted molar refractivity (Wildman–Crippen MR) is 63.4 cm³/mol. The summed E-state index contributed by atoms with van der Waals surface area (Å²) < 4.78 is 10.2. The van der Waals surface area contributed by atoms with Crippen molar-refractivity contribution in [3.63, 3.8) is 0 Å². The minimum absolute atomic E-state index is 0.212. The quantitative estimate of drug-likeness (QED) is 0.391. The molecular weight excluding hydrogens is 210 g/mol. The Hall–Kier alpha value is -0.393. The van der Waals surface area contributed by atoms with Crippen molar-refractivity contribution in [1.82, 2.24) is 5.32 Å². The van der Waals surface area contributed by atoms with Gasteiger partial charge < -0.3 is 14.5 Å². The molecule has 0 fully saturated rings. The highest BCUT2D eigenvalue weighted by Gasteiger charge is 2.20. The van der Waals surface area contributed by atoms with Gasteiger partial charge in [0.2, 0.25) is 0 Å². The summed E-state index contributed by atoms with van der Waals surface area (Å²) in [6.45, 7) is 8.42. The van der Waals surface area contributed by atoms with Gasteiger partial charge in [0.25, 0.3) is 0 Å². The van der Waals surface area contributed by atoms with E-state index in [1.165, 1.54) is 7.11 Å². The summed E-state index contributed by atoms with van der Waals surface area (Å²) in [5.74, 6) is -0.212. The zero-order chi connectivity index (χ0) is 11.7. The van der Waals surface area contributed by atoms with E-state index in [1.54, 1.807) is 0 Å². The first-order valence-electron chi connectivity index (χ1n) is 5.43. The fraction of sp³-hybridized carbons (Fsp3) is 0.900. The molecule has 0 bridgehead atoms. The van der Waals surface area contributed by atoms with Crippen molar-refractivity contribution in [2.45, 2.75) is 32.5 Å². The molecule has 0 aromatic carbocycles. The highest BCUT2D eigenvalue weighted by molar-refractivity contribution is 6.71. The molecular formula is C10H23NO3Si. The number of hydrogen-bond donors (Lipinski definition) is 1. The predicted octanol–water partition coefficient (Wildman–Crippen LogP) is 1.38. The van der Waals surface area contributed by atoms with Gasteiger partial charge in [-0.15, -0.1) is 0 Å². The SMILES string of the molecule is CCO[Si](C)(C)CCCNCC(=O)OC. The first-order chi connectivity index (χ1) is 7.02. The number of carbonyl (C=O) groups excluding carboxylic acids is 1. The van der Waals surface area contributed by atoms with Crippen LogP contribution < -0.4 is 5.32 Å². The Morgan fingerprint density at radius 1 is 1.40 bits per heavy atom. The highest BCUT2D eigenvalue weighted by Crippen LogP contribution is 2.12. The van der Waals surface area contributed by atoms with Gasteiger partial charge in [0.1, 0.15) is 0 Å². The largest absolute Gasteiger partial charge is 0.468 e. The maximum atomic E-state index is 10.8. The first-order valence-corrected chi connectivity index (χ1v) is 8.55. The van der Waals surface area contributed by atoms with Crippen molar-refractivity contribution in [1.29, 1.82) is 0 Å². The van der Waals surface area contributed by atoms with Crippen LogP contribution in [0, 0.1) is 0 Å². The van der Waals surface area contributed by atoms with E-state index >= 15 is 0 Å². The Labute approximate surface area is 93.5 Å². The van der Waals surface area contributed by atoms with E-state index in [0.29, 0.717) is 6.54 Å². The standard InChI is InChI=1S/C10H23NO3Si/c1-5-14-15(3,4)8-6-7-11-9-10(12)13-2/h11H,5-9H2,1-4H3. The maximum Gasteiger partial charge on any atom is 0.319 e. The highest BCUT2D eigenvalue weighted by atomic mass is 28.4. The molecule has 0 spiro atoms. The Balaban J connectivity index is 3.41. The lowest BCUT2D eigenvalue weighted by Crippen LogP contribution is -2.32. The van der Waals surface area contributed by atoms with Crippen molar-refractivity contribution in [2.24, 2.45) is 0 Å². The molecule has 0 heterocycles. The molecule has 5 heteroatoms. The molecule has 0 amide bonds. The Bertz CT molecular complexity index is 186. The summed E-state index contributed by atoms with van der Waals surface area (Å²) >= 11 is 0. The van der Waals surface area contributed by atoms with Crippen molar-refractivity contribution in [2.75, 3.05) is 26.8 Å². The van der Waals surface area contributed by atoms with Gasteiger partial charge >= 0.3 is 5.97 Å². The maximum absolute atomic E-state index is 10.8. The normalized spacial score (nSPS) is 11.5. The third-order valence-electron chi connectivity index (χ3n) is 2.16. The van der Waals surface area contributed by atoms with Gasteiger partial charge in [0.05, 0.1) is 13.7 Å². The van der Waals surface area contributed by atoms with E-state index in [4.69, 9.17) is 4.43 Å². The smallest absolute Gasteiger partial charge is 0.319 e. The summed E-state index contributed by atoms with van der Waals surface area (Å²) in [4.78, 5) is 10.8. The van der Waals surface area contributed by atoms with Crippen LogP contribution in [0.5, 0.6) is 0 Å². The van der Waals surface area contributed by atoms with Crippen molar-refractivity contribution in [3.8, 4) is 0 Å². The summed E-state index contributed by atoms with van der Waals surface area (Å²) in [6, 6.07) is 1.12. The van der Waals surface area contributed by atoms with Crippen molar-refractivity contribution in [3.05, 3.63) is 0 Å². The molecule has 15 heavy (non-hydrogen) atoms. The molecule has 90 valence electrons. The van der Waals surface area contributed by atoms with Crippen LogP contribution in [0.15, 0.2) is 0 Å². The summed E-state index contributed by atoms with van der Waals surface area (Å²) in [5.41, 5.74) is 0. The molecule has 0 radical (unpaired) electrons. The van der Waals surface area contributed by atoms with Gasteiger partial charge in [-0.05, 0) is 39.0 Å². The van der Waals surface area contributed by atoms with E-state index in [9.17, 15) is 4.79 Å². The van der Waals surface area contributed by atoms with E-state index in [0.717, 1.165) is 25.6 Å². The van der Waals surface area contributed by atoms with Crippen LogP contribution in [0.1, 0.15) is 13.3 Å². The number of carbonyl (C=O) groups is 1. The first kappa shape index (κ1) is 14.6. The second kappa shape index (κ2) is 7.84. The van der Waals surface area contributed by atoms with Crippen LogP contribution >= 0.6 is 0 Å². The van der Waals surface area contributed by atoms with Crippen LogP contribution in [0.3, 0.4) is 0 Å². The van der Waals surface area contributed by atoms with E-state index < -0.39 is 8.32 Å². The lowest BCUT2D eigenvalue weighted by molar-refractivity contribution is -0.139. The molecule has 0 rings (SSSR count). The Morgan fingerprint density at radius 2 is 2.07 bits per heavy atom. The van der Waals surface area contributed by atoms with Crippen molar-refractivity contribution < 1.29 is 14.0 Å². The molecule has 0 aliphatic heterocycles. The minimum Gasteiger partial charge on any atom is -0.468 e. The Morgan fingerprint density at radius 3 is 2.60 bits per heavy atom. The number of methoxy groups -OCH3 is 1. The van der Waals surface area contributed by atoms with Gasteiger partial charge in [-0.2, -0.15) is 0 Å². The molecule has 0 atom stereocenters. The number of rotatable bonds is 8. The van der Waals surface area contributed by atoms with E-state index in [2.05, 4.69) is 23.1 Å². The zero-order valence-electron chi connectivity index (χ0n) is 10.3. The molecule has 0 aliphatic rings. The van der Waals surface area contributed by atoms with Gasteiger partial charge in [-0.3, -0.25) is 4.79 Å². The molecule has 0 aliphatic carbocycles. The minimum atomic E-state index is -1.44. The van der Waals surface area contributed by atoms with Gasteiger partial charge in [0, 0.05) is 6.61 Å². The fourth-order valence-electron chi connectivity index (χ4n) is 1.36. The average molecular weight is 233 g/mol. The van der Waals surface area contributed by atoms with Crippen LogP contribution in [0.25, 0.3) is 0 Å². The second-order valence-corrected chi connectivity index (χ2v) is 8.36. The number of hydrogen-bond acceptors (Lipinski definition) is 4. The monoisotopic (exact) mass is 233 g/mol. The molecule has 4 nitrogen and oxygen atoms in total. The molecule has 0 saturated carbocycles. The lowest BCUT2D eigenvalue weighted by atomic mass is 10.5. The molecule has 0 aromatic heterocycles. The topological polar surface area (TPSA) is 47.6 Å². The van der Waals surface area contributed by atoms with E-state index in [1.807, 2.05) is 6.92 Å². The molecule has 0 aromatic rings. The second-order valence-electron chi connectivity index (χ2n) is 4.05. The van der Waals surface area contributed by atoms with E-state index in [-0.39, 0.29) is 5.97 Å². The number of nitrogens with one attached hydrogen (secondary N) is 1. The fourth-order valence-corrected chi connectivity index (χ4v) is 3.32. The number of esters is 1. The molecule has 0 unspecified atom stereocenters. The number of ether oxygens (including phenoxy) is 1. The average Bonchev–Trinajstić information content (AvgIpc) is 2.16. The van der Waals surface area contributed by atoms with Crippen LogP contribution in [0.4, 0.5) is 0 Å².